The summed E-state index contributed by atoms with van der Waals surface area (Å²) in [4.78, 5) is 31.5. The van der Waals surface area contributed by atoms with E-state index in [1.54, 1.807) is 30.3 Å². The number of ether oxygens (including phenoxy) is 1. The lowest BCUT2D eigenvalue weighted by Crippen LogP contribution is -2.52. The molecule has 1 saturated heterocycles. The fourth-order valence-corrected chi connectivity index (χ4v) is 4.12. The minimum absolute atomic E-state index is 0.156. The molecule has 0 atom stereocenters. The Morgan fingerprint density at radius 3 is 2.74 bits per heavy atom. The third-order valence-corrected chi connectivity index (χ3v) is 5.77. The van der Waals surface area contributed by atoms with E-state index in [-0.39, 0.29) is 24.1 Å². The smallest absolute Gasteiger partial charge is 0.272 e. The number of rotatable bonds is 5. The second kappa shape index (κ2) is 8.64. The Hall–Kier alpha value is -2.97. The Morgan fingerprint density at radius 1 is 1.29 bits per heavy atom. The second-order valence-corrected chi connectivity index (χ2v) is 8.04. The predicted octanol–water partition coefficient (Wildman–Crippen LogP) is 2.84. The van der Waals surface area contributed by atoms with E-state index in [1.165, 1.54) is 19.2 Å². The van der Waals surface area contributed by atoms with E-state index in [0.29, 0.717) is 48.0 Å². The van der Waals surface area contributed by atoms with Crippen LogP contribution in [0.3, 0.4) is 0 Å². The summed E-state index contributed by atoms with van der Waals surface area (Å²) in [6, 6.07) is 10.9. The molecule has 7 nitrogen and oxygen atoms in total. The summed E-state index contributed by atoms with van der Waals surface area (Å²) in [6.07, 6.45) is 1.14. The number of aliphatic imine (C=N–C) groups is 1. The highest BCUT2D eigenvalue weighted by atomic mass is 35.5. The molecule has 0 aliphatic carbocycles. The van der Waals surface area contributed by atoms with Crippen LogP contribution in [0.25, 0.3) is 0 Å². The Morgan fingerprint density at radius 2 is 2.06 bits per heavy atom. The molecule has 31 heavy (non-hydrogen) atoms. The number of nitrogens with one attached hydrogen (secondary N) is 2. The normalized spacial score (nSPS) is 17.9. The molecule has 2 aromatic rings. The number of amides is 2. The molecule has 2 aliphatic rings. The summed E-state index contributed by atoms with van der Waals surface area (Å²) in [5.41, 5.74) is 0.614. The third-order valence-electron chi connectivity index (χ3n) is 5.47. The zero-order valence-electron chi connectivity index (χ0n) is 17.0. The van der Waals surface area contributed by atoms with Crippen molar-refractivity contribution in [1.82, 2.24) is 10.2 Å². The van der Waals surface area contributed by atoms with E-state index < -0.39 is 11.5 Å². The largest absolute Gasteiger partial charge is 0.495 e. The molecule has 2 heterocycles. The van der Waals surface area contributed by atoms with Crippen molar-refractivity contribution in [2.24, 2.45) is 4.99 Å². The highest BCUT2D eigenvalue weighted by Gasteiger charge is 2.42. The van der Waals surface area contributed by atoms with Gasteiger partial charge in [-0.05, 0) is 30.3 Å². The van der Waals surface area contributed by atoms with E-state index in [2.05, 4.69) is 15.6 Å². The number of carbonyl (C=O) groups excluding carboxylic acids is 2. The highest BCUT2D eigenvalue weighted by molar-refractivity contribution is 6.46. The first-order valence-corrected chi connectivity index (χ1v) is 10.3. The number of benzene rings is 2. The molecule has 9 heteroatoms. The van der Waals surface area contributed by atoms with E-state index >= 15 is 0 Å². The van der Waals surface area contributed by atoms with Gasteiger partial charge in [-0.1, -0.05) is 23.7 Å². The van der Waals surface area contributed by atoms with Gasteiger partial charge in [-0.25, -0.2) is 4.39 Å². The van der Waals surface area contributed by atoms with Gasteiger partial charge in [0.15, 0.2) is 0 Å². The van der Waals surface area contributed by atoms with Crippen molar-refractivity contribution in [2.45, 2.75) is 18.5 Å². The Balaban J connectivity index is 1.35. The first-order chi connectivity index (χ1) is 14.9. The summed E-state index contributed by atoms with van der Waals surface area (Å²) < 4.78 is 18.6. The lowest BCUT2D eigenvalue weighted by Gasteiger charge is -2.36. The van der Waals surface area contributed by atoms with Crippen molar-refractivity contribution >= 4 is 34.8 Å². The van der Waals surface area contributed by atoms with Crippen LogP contribution in [-0.4, -0.2) is 54.8 Å². The summed E-state index contributed by atoms with van der Waals surface area (Å²) in [5, 5.41) is 6.20. The molecule has 0 radical (unpaired) electrons. The Kier molecular flexibility index (Phi) is 5.93. The van der Waals surface area contributed by atoms with Crippen LogP contribution in [0.5, 0.6) is 5.75 Å². The number of hydrogen-bond donors (Lipinski definition) is 2. The standard InChI is InChI=1S/C22H22ClFN4O3/c1-31-18-6-5-16(12-17(18)23)25-19(29)13-28-9-7-22(8-10-28)26-20(21(30)27-22)14-3-2-4-15(24)11-14/h2-6,11-12H,7-10,13H2,1H3,(H,25,29)(H,27,30). The SMILES string of the molecule is COc1ccc(NC(=O)CN2CCC3(CC2)N=C(c2cccc(F)c2)C(=O)N3)cc1Cl. The molecule has 0 saturated carbocycles. The number of nitrogens with zero attached hydrogens (tertiary/aromatic N) is 2. The van der Waals surface area contributed by atoms with Gasteiger partial charge in [0.05, 0.1) is 18.7 Å². The van der Waals surface area contributed by atoms with Crippen LogP contribution in [0.4, 0.5) is 10.1 Å². The number of hydrogen-bond acceptors (Lipinski definition) is 5. The fraction of sp³-hybridized carbons (Fsp3) is 0.318. The maximum Gasteiger partial charge on any atom is 0.272 e. The molecule has 1 spiro atoms. The molecule has 2 aromatic carbocycles. The maximum absolute atomic E-state index is 13.5. The molecule has 1 fully saturated rings. The maximum atomic E-state index is 13.5. The third kappa shape index (κ3) is 4.70. The molecule has 2 amide bonds. The van der Waals surface area contributed by atoms with Crippen LogP contribution < -0.4 is 15.4 Å². The Labute approximate surface area is 184 Å². The molecule has 0 bridgehead atoms. The zero-order valence-corrected chi connectivity index (χ0v) is 17.7. The number of halogens is 2. The van der Waals surface area contributed by atoms with Crippen LogP contribution >= 0.6 is 11.6 Å². The summed E-state index contributed by atoms with van der Waals surface area (Å²) in [5.74, 6) is -0.324. The van der Waals surface area contributed by atoms with Gasteiger partial charge >= 0.3 is 0 Å². The molecular weight excluding hydrogens is 423 g/mol. The number of piperidine rings is 1. The van der Waals surface area contributed by atoms with E-state index in [9.17, 15) is 14.0 Å². The molecular formula is C22H22ClFN4O3. The molecule has 4 rings (SSSR count). The number of carbonyl (C=O) groups is 2. The van der Waals surface area contributed by atoms with Gasteiger partial charge in [0.25, 0.3) is 5.91 Å². The van der Waals surface area contributed by atoms with Gasteiger partial charge in [0, 0.05) is 37.2 Å². The van der Waals surface area contributed by atoms with Crippen LogP contribution in [0, 0.1) is 5.82 Å². The van der Waals surface area contributed by atoms with E-state index in [0.717, 1.165) is 0 Å². The monoisotopic (exact) mass is 444 g/mol. The number of likely N-dealkylation sites (tertiary alicyclic amines) is 1. The lowest BCUT2D eigenvalue weighted by molar-refractivity contribution is -0.119. The molecule has 162 valence electrons. The first-order valence-electron chi connectivity index (χ1n) is 9.91. The van der Waals surface area contributed by atoms with Gasteiger partial charge in [-0.3, -0.25) is 19.5 Å². The molecule has 0 aromatic heterocycles. The average Bonchev–Trinajstić information content (AvgIpc) is 3.06. The van der Waals surface area contributed by atoms with Gasteiger partial charge in [-0.15, -0.1) is 0 Å². The highest BCUT2D eigenvalue weighted by Crippen LogP contribution is 2.29. The van der Waals surface area contributed by atoms with Crippen LogP contribution in [0.15, 0.2) is 47.5 Å². The Bertz CT molecular complexity index is 1050. The molecule has 0 unspecified atom stereocenters. The first kappa shape index (κ1) is 21.3. The van der Waals surface area contributed by atoms with Crippen molar-refractivity contribution in [3.8, 4) is 5.75 Å². The minimum Gasteiger partial charge on any atom is -0.495 e. The van der Waals surface area contributed by atoms with Crippen molar-refractivity contribution in [2.75, 3.05) is 32.1 Å². The van der Waals surface area contributed by atoms with E-state index in [4.69, 9.17) is 16.3 Å². The lowest BCUT2D eigenvalue weighted by atomic mass is 9.98. The van der Waals surface area contributed by atoms with Gasteiger partial charge in [-0.2, -0.15) is 0 Å². The van der Waals surface area contributed by atoms with Gasteiger partial charge in [0.1, 0.15) is 22.9 Å². The molecule has 2 N–H and O–H groups in total. The number of methoxy groups -OCH3 is 1. The van der Waals surface area contributed by atoms with Gasteiger partial charge < -0.3 is 15.4 Å². The summed E-state index contributed by atoms with van der Waals surface area (Å²) in [6.45, 7) is 1.40. The van der Waals surface area contributed by atoms with Gasteiger partial charge in [0.2, 0.25) is 5.91 Å². The van der Waals surface area contributed by atoms with Crippen molar-refractivity contribution in [3.05, 3.63) is 58.9 Å². The quantitative estimate of drug-likeness (QED) is 0.743. The van der Waals surface area contributed by atoms with Crippen molar-refractivity contribution in [3.63, 3.8) is 0 Å². The second-order valence-electron chi connectivity index (χ2n) is 7.63. The predicted molar refractivity (Wildman–Crippen MR) is 116 cm³/mol. The fourth-order valence-electron chi connectivity index (χ4n) is 3.86. The molecule has 2 aliphatic heterocycles. The zero-order chi connectivity index (χ0) is 22.0. The minimum atomic E-state index is -0.699. The van der Waals surface area contributed by atoms with Crippen molar-refractivity contribution < 1.29 is 18.7 Å². The summed E-state index contributed by atoms with van der Waals surface area (Å²) >= 11 is 6.10. The summed E-state index contributed by atoms with van der Waals surface area (Å²) in [7, 11) is 1.53. The average molecular weight is 445 g/mol. The van der Waals surface area contributed by atoms with Crippen molar-refractivity contribution in [1.29, 1.82) is 0 Å². The van der Waals surface area contributed by atoms with E-state index in [1.807, 2.05) is 4.90 Å². The van der Waals surface area contributed by atoms with Crippen LogP contribution in [0.1, 0.15) is 18.4 Å². The van der Waals surface area contributed by atoms with Crippen LogP contribution in [-0.2, 0) is 9.59 Å². The topological polar surface area (TPSA) is 83.0 Å². The number of anilines is 1. The van der Waals surface area contributed by atoms with Crippen LogP contribution in [0.2, 0.25) is 5.02 Å².